The fourth-order valence-electron chi connectivity index (χ4n) is 1.65. The van der Waals surface area contributed by atoms with Gasteiger partial charge in [0.05, 0.1) is 0 Å². The third-order valence-corrected chi connectivity index (χ3v) is 2.97. The molecule has 18 heavy (non-hydrogen) atoms. The van der Waals surface area contributed by atoms with Crippen molar-refractivity contribution < 1.29 is 9.59 Å². The maximum Gasteiger partial charge on any atom is 0.222 e. The number of benzene rings is 1. The van der Waals surface area contributed by atoms with Crippen LogP contribution in [0.1, 0.15) is 30.9 Å². The molecule has 0 fully saturated rings. The Kier molecular flexibility index (Phi) is 5.56. The number of aryl methyl sites for hydroxylation is 1. The fraction of sp³-hybridized carbons (Fsp3) is 0.467. The summed E-state index contributed by atoms with van der Waals surface area (Å²) in [5.74, 6) is 0.104. The van der Waals surface area contributed by atoms with Crippen molar-refractivity contribution in [3.8, 4) is 0 Å². The molecule has 1 aromatic carbocycles. The van der Waals surface area contributed by atoms with Crippen molar-refractivity contribution in [1.82, 2.24) is 4.90 Å². The van der Waals surface area contributed by atoms with Crippen LogP contribution in [-0.4, -0.2) is 30.2 Å². The molecule has 0 bridgehead atoms. The minimum absolute atomic E-state index is 0.0392. The molecule has 0 saturated heterocycles. The van der Waals surface area contributed by atoms with Crippen LogP contribution in [0.2, 0.25) is 0 Å². The second kappa shape index (κ2) is 6.94. The number of nitrogens with zero attached hydrogens (tertiary/aromatic N) is 1. The lowest BCUT2D eigenvalue weighted by Gasteiger charge is -2.16. The lowest BCUT2D eigenvalue weighted by Crippen LogP contribution is -2.28. The van der Waals surface area contributed by atoms with Crippen LogP contribution in [0.15, 0.2) is 24.3 Å². The molecule has 0 saturated carbocycles. The standard InChI is InChI=1S/C15H21NO2/c1-12-4-7-14(8-5-12)10-11-16(3)15(18)9-6-13(2)17/h4-5,7-8H,6,9-11H2,1-3H3. The highest BCUT2D eigenvalue weighted by Crippen LogP contribution is 2.05. The van der Waals surface area contributed by atoms with E-state index in [9.17, 15) is 9.59 Å². The third kappa shape index (κ3) is 5.13. The SMILES string of the molecule is CC(=O)CCC(=O)N(C)CCc1ccc(C)cc1. The topological polar surface area (TPSA) is 37.4 Å². The molecule has 1 amide bonds. The van der Waals surface area contributed by atoms with E-state index in [2.05, 4.69) is 31.2 Å². The number of likely N-dealkylation sites (N-methyl/N-ethyl adjacent to an activating group) is 1. The highest BCUT2D eigenvalue weighted by Gasteiger charge is 2.09. The van der Waals surface area contributed by atoms with E-state index in [1.54, 1.807) is 11.9 Å². The van der Waals surface area contributed by atoms with Gasteiger partial charge in [-0.05, 0) is 25.8 Å². The first-order valence-electron chi connectivity index (χ1n) is 6.28. The monoisotopic (exact) mass is 247 g/mol. The Morgan fingerprint density at radius 3 is 2.28 bits per heavy atom. The van der Waals surface area contributed by atoms with Gasteiger partial charge in [0, 0.05) is 26.4 Å². The molecule has 0 N–H and O–H groups in total. The summed E-state index contributed by atoms with van der Waals surface area (Å²) in [4.78, 5) is 24.2. The van der Waals surface area contributed by atoms with Crippen LogP contribution in [0, 0.1) is 6.92 Å². The summed E-state index contributed by atoms with van der Waals surface area (Å²) in [6.07, 6.45) is 1.51. The molecule has 0 radical (unpaired) electrons. The first kappa shape index (κ1) is 14.4. The Bertz CT molecular complexity index is 409. The largest absolute Gasteiger partial charge is 0.345 e. The predicted molar refractivity (Wildman–Crippen MR) is 72.4 cm³/mol. The van der Waals surface area contributed by atoms with Crippen LogP contribution in [0.3, 0.4) is 0 Å². The van der Waals surface area contributed by atoms with Crippen LogP contribution in [0.25, 0.3) is 0 Å². The van der Waals surface area contributed by atoms with Crippen molar-refractivity contribution in [2.24, 2.45) is 0 Å². The number of carbonyl (C=O) groups excluding carboxylic acids is 2. The molecular weight excluding hydrogens is 226 g/mol. The lowest BCUT2D eigenvalue weighted by molar-refractivity contribution is -0.131. The number of hydrogen-bond donors (Lipinski definition) is 0. The molecule has 0 aliphatic heterocycles. The smallest absolute Gasteiger partial charge is 0.222 e. The molecule has 3 nitrogen and oxygen atoms in total. The minimum atomic E-state index is 0.0392. The number of Topliss-reactive ketones (excluding diaryl/α,β-unsaturated/α-hetero) is 1. The average Bonchev–Trinajstić information content (AvgIpc) is 2.34. The Morgan fingerprint density at radius 2 is 1.72 bits per heavy atom. The van der Waals surface area contributed by atoms with E-state index in [0.717, 1.165) is 6.42 Å². The van der Waals surface area contributed by atoms with E-state index in [1.807, 2.05) is 0 Å². The van der Waals surface area contributed by atoms with E-state index < -0.39 is 0 Å². The van der Waals surface area contributed by atoms with Crippen molar-refractivity contribution in [3.05, 3.63) is 35.4 Å². The maximum atomic E-state index is 11.7. The lowest BCUT2D eigenvalue weighted by atomic mass is 10.1. The molecule has 98 valence electrons. The quantitative estimate of drug-likeness (QED) is 0.774. The van der Waals surface area contributed by atoms with Gasteiger partial charge in [-0.3, -0.25) is 4.79 Å². The molecule has 1 aromatic rings. The molecular formula is C15H21NO2. The van der Waals surface area contributed by atoms with Crippen molar-refractivity contribution in [2.75, 3.05) is 13.6 Å². The number of hydrogen-bond acceptors (Lipinski definition) is 2. The molecule has 0 atom stereocenters. The molecule has 1 rings (SSSR count). The summed E-state index contributed by atoms with van der Waals surface area (Å²) in [7, 11) is 1.79. The fourth-order valence-corrected chi connectivity index (χ4v) is 1.65. The van der Waals surface area contributed by atoms with Crippen LogP contribution in [0.4, 0.5) is 0 Å². The molecule has 0 spiro atoms. The first-order chi connectivity index (χ1) is 8.49. The summed E-state index contributed by atoms with van der Waals surface area (Å²) >= 11 is 0. The molecule has 0 heterocycles. The summed E-state index contributed by atoms with van der Waals surface area (Å²) in [6.45, 7) is 4.26. The maximum absolute atomic E-state index is 11.7. The van der Waals surface area contributed by atoms with Crippen LogP contribution >= 0.6 is 0 Å². The van der Waals surface area contributed by atoms with Gasteiger partial charge in [0.2, 0.25) is 5.91 Å². The highest BCUT2D eigenvalue weighted by atomic mass is 16.2. The molecule has 3 heteroatoms. The minimum Gasteiger partial charge on any atom is -0.345 e. The molecule has 0 aromatic heterocycles. The molecule has 0 aliphatic rings. The zero-order chi connectivity index (χ0) is 13.5. The van der Waals surface area contributed by atoms with Gasteiger partial charge in [0.25, 0.3) is 0 Å². The van der Waals surface area contributed by atoms with Crippen molar-refractivity contribution in [2.45, 2.75) is 33.1 Å². The Balaban J connectivity index is 2.36. The van der Waals surface area contributed by atoms with E-state index in [4.69, 9.17) is 0 Å². The van der Waals surface area contributed by atoms with Gasteiger partial charge in [-0.15, -0.1) is 0 Å². The van der Waals surface area contributed by atoms with Gasteiger partial charge in [-0.1, -0.05) is 29.8 Å². The average molecular weight is 247 g/mol. The Labute approximate surface area is 109 Å². The summed E-state index contributed by atoms with van der Waals surface area (Å²) in [6, 6.07) is 8.33. The first-order valence-corrected chi connectivity index (χ1v) is 6.28. The van der Waals surface area contributed by atoms with Crippen LogP contribution in [0.5, 0.6) is 0 Å². The number of amides is 1. The predicted octanol–water partition coefficient (Wildman–Crippen LogP) is 2.37. The van der Waals surface area contributed by atoms with Gasteiger partial charge in [-0.25, -0.2) is 0 Å². The van der Waals surface area contributed by atoms with Gasteiger partial charge in [0.15, 0.2) is 0 Å². The number of carbonyl (C=O) groups is 2. The van der Waals surface area contributed by atoms with Gasteiger partial charge in [-0.2, -0.15) is 0 Å². The third-order valence-electron chi connectivity index (χ3n) is 2.97. The van der Waals surface area contributed by atoms with Crippen LogP contribution < -0.4 is 0 Å². The Hall–Kier alpha value is -1.64. The van der Waals surface area contributed by atoms with Gasteiger partial charge < -0.3 is 9.69 Å². The van der Waals surface area contributed by atoms with Crippen molar-refractivity contribution >= 4 is 11.7 Å². The number of rotatable bonds is 6. The van der Waals surface area contributed by atoms with Crippen molar-refractivity contribution in [1.29, 1.82) is 0 Å². The normalized spacial score (nSPS) is 10.2. The van der Waals surface area contributed by atoms with E-state index in [1.165, 1.54) is 18.1 Å². The highest BCUT2D eigenvalue weighted by molar-refractivity contribution is 5.83. The second-order valence-corrected chi connectivity index (χ2v) is 4.75. The summed E-state index contributed by atoms with van der Waals surface area (Å²) in [5.41, 5.74) is 2.47. The molecule has 0 unspecified atom stereocenters. The number of ketones is 1. The molecule has 0 aliphatic carbocycles. The van der Waals surface area contributed by atoms with E-state index >= 15 is 0 Å². The van der Waals surface area contributed by atoms with E-state index in [0.29, 0.717) is 19.4 Å². The van der Waals surface area contributed by atoms with E-state index in [-0.39, 0.29) is 11.7 Å². The second-order valence-electron chi connectivity index (χ2n) is 4.75. The summed E-state index contributed by atoms with van der Waals surface area (Å²) < 4.78 is 0. The Morgan fingerprint density at radius 1 is 1.11 bits per heavy atom. The zero-order valence-electron chi connectivity index (χ0n) is 11.4. The van der Waals surface area contributed by atoms with Crippen LogP contribution in [-0.2, 0) is 16.0 Å². The van der Waals surface area contributed by atoms with Gasteiger partial charge >= 0.3 is 0 Å². The van der Waals surface area contributed by atoms with Gasteiger partial charge in [0.1, 0.15) is 5.78 Å². The zero-order valence-corrected chi connectivity index (χ0v) is 11.4. The summed E-state index contributed by atoms with van der Waals surface area (Å²) in [5, 5.41) is 0. The van der Waals surface area contributed by atoms with Crippen molar-refractivity contribution in [3.63, 3.8) is 0 Å².